The van der Waals surface area contributed by atoms with Crippen LogP contribution in [0.4, 0.5) is 0 Å². The Labute approximate surface area is 146 Å². The maximum Gasteiger partial charge on any atom is 0.224 e. The van der Waals surface area contributed by atoms with E-state index in [0.717, 1.165) is 19.5 Å². The fourth-order valence-electron chi connectivity index (χ4n) is 1.93. The second kappa shape index (κ2) is 12.7. The lowest BCUT2D eigenvalue weighted by molar-refractivity contribution is -0.124. The van der Waals surface area contributed by atoms with E-state index in [9.17, 15) is 4.79 Å². The van der Waals surface area contributed by atoms with Crippen LogP contribution < -0.4 is 11.1 Å². The Kier molecular flexibility index (Phi) is 13.5. The van der Waals surface area contributed by atoms with E-state index in [2.05, 4.69) is 41.5 Å². The topological polar surface area (TPSA) is 58.4 Å². The van der Waals surface area contributed by atoms with Crippen molar-refractivity contribution in [1.82, 2.24) is 10.2 Å². The molecule has 128 valence electrons. The SMILES string of the molecule is CC(N)C(C)C(=O)NCCCN(C)Cc1ccccc1.Cl.Cl. The molecule has 1 rings (SSSR count). The highest BCUT2D eigenvalue weighted by Gasteiger charge is 2.15. The lowest BCUT2D eigenvalue weighted by atomic mass is 10.0. The number of carbonyl (C=O) groups excluding carboxylic acids is 1. The van der Waals surface area contributed by atoms with Crippen molar-refractivity contribution in [3.63, 3.8) is 0 Å². The van der Waals surface area contributed by atoms with Crippen LogP contribution in [0.1, 0.15) is 25.8 Å². The van der Waals surface area contributed by atoms with E-state index in [0.29, 0.717) is 6.54 Å². The lowest BCUT2D eigenvalue weighted by Crippen LogP contribution is -2.39. The molecule has 0 aromatic heterocycles. The molecule has 0 radical (unpaired) electrons. The van der Waals surface area contributed by atoms with Crippen LogP contribution in [0.15, 0.2) is 30.3 Å². The average Bonchev–Trinajstić information content (AvgIpc) is 2.43. The zero-order chi connectivity index (χ0) is 15.0. The molecule has 2 atom stereocenters. The summed E-state index contributed by atoms with van der Waals surface area (Å²) in [6.45, 7) is 6.32. The first-order valence-electron chi connectivity index (χ1n) is 7.26. The predicted molar refractivity (Wildman–Crippen MR) is 97.7 cm³/mol. The van der Waals surface area contributed by atoms with Gasteiger partial charge in [0, 0.05) is 25.0 Å². The van der Waals surface area contributed by atoms with E-state index >= 15 is 0 Å². The molecule has 0 saturated heterocycles. The largest absolute Gasteiger partial charge is 0.356 e. The molecule has 0 saturated carbocycles. The summed E-state index contributed by atoms with van der Waals surface area (Å²) in [4.78, 5) is 14.0. The molecule has 0 aliphatic carbocycles. The van der Waals surface area contributed by atoms with Crippen LogP contribution in [0, 0.1) is 5.92 Å². The van der Waals surface area contributed by atoms with E-state index in [4.69, 9.17) is 5.73 Å². The summed E-state index contributed by atoms with van der Waals surface area (Å²) in [5, 5.41) is 2.94. The van der Waals surface area contributed by atoms with Gasteiger partial charge in [-0.15, -0.1) is 24.8 Å². The Bertz CT molecular complexity index is 402. The number of hydrogen-bond acceptors (Lipinski definition) is 3. The van der Waals surface area contributed by atoms with Gasteiger partial charge < -0.3 is 16.0 Å². The molecule has 4 nitrogen and oxygen atoms in total. The number of hydrogen-bond donors (Lipinski definition) is 2. The number of rotatable bonds is 8. The Morgan fingerprint density at radius 1 is 1.23 bits per heavy atom. The molecule has 6 heteroatoms. The number of nitrogens with zero attached hydrogens (tertiary/aromatic N) is 1. The molecular weight excluding hydrogens is 321 g/mol. The van der Waals surface area contributed by atoms with E-state index in [1.54, 1.807) is 0 Å². The first-order valence-corrected chi connectivity index (χ1v) is 7.26. The summed E-state index contributed by atoms with van der Waals surface area (Å²) >= 11 is 0. The van der Waals surface area contributed by atoms with Crippen LogP contribution in [0.25, 0.3) is 0 Å². The number of nitrogens with two attached hydrogens (primary N) is 1. The summed E-state index contributed by atoms with van der Waals surface area (Å²) < 4.78 is 0. The fourth-order valence-corrected chi connectivity index (χ4v) is 1.93. The predicted octanol–water partition coefficient (Wildman–Crippen LogP) is 2.45. The maximum absolute atomic E-state index is 11.7. The number of amides is 1. The zero-order valence-corrected chi connectivity index (χ0v) is 15.3. The molecule has 1 aromatic carbocycles. The van der Waals surface area contributed by atoms with Gasteiger partial charge in [-0.3, -0.25) is 4.79 Å². The van der Waals surface area contributed by atoms with Crippen LogP contribution in [0.2, 0.25) is 0 Å². The first-order chi connectivity index (χ1) is 9.50. The minimum Gasteiger partial charge on any atom is -0.356 e. The van der Waals surface area contributed by atoms with Crippen LogP contribution >= 0.6 is 24.8 Å². The van der Waals surface area contributed by atoms with Crippen LogP contribution in [-0.2, 0) is 11.3 Å². The lowest BCUT2D eigenvalue weighted by Gasteiger charge is -2.18. The Hall–Kier alpha value is -0.810. The van der Waals surface area contributed by atoms with Crippen molar-refractivity contribution in [1.29, 1.82) is 0 Å². The van der Waals surface area contributed by atoms with Gasteiger partial charge in [-0.1, -0.05) is 37.3 Å². The maximum atomic E-state index is 11.7. The Balaban J connectivity index is 0. The number of carbonyl (C=O) groups is 1. The summed E-state index contributed by atoms with van der Waals surface area (Å²) in [5.41, 5.74) is 7.02. The van der Waals surface area contributed by atoms with Crippen LogP contribution in [0.3, 0.4) is 0 Å². The van der Waals surface area contributed by atoms with E-state index in [-0.39, 0.29) is 42.7 Å². The third kappa shape index (κ3) is 9.26. The van der Waals surface area contributed by atoms with Crippen molar-refractivity contribution in [2.45, 2.75) is 32.9 Å². The number of halogens is 2. The van der Waals surface area contributed by atoms with Gasteiger partial charge in [-0.05, 0) is 32.5 Å². The van der Waals surface area contributed by atoms with Crippen molar-refractivity contribution in [2.24, 2.45) is 11.7 Å². The normalized spacial score (nSPS) is 12.8. The van der Waals surface area contributed by atoms with Crippen molar-refractivity contribution >= 4 is 30.7 Å². The minimum absolute atomic E-state index is 0. The highest BCUT2D eigenvalue weighted by Crippen LogP contribution is 2.03. The minimum atomic E-state index is -0.128. The molecule has 0 aliphatic rings. The van der Waals surface area contributed by atoms with Crippen LogP contribution in [-0.4, -0.2) is 37.0 Å². The molecule has 1 amide bonds. The molecule has 1 aromatic rings. The monoisotopic (exact) mass is 349 g/mol. The highest BCUT2D eigenvalue weighted by molar-refractivity contribution is 5.85. The van der Waals surface area contributed by atoms with Gasteiger partial charge >= 0.3 is 0 Å². The molecule has 0 fully saturated rings. The van der Waals surface area contributed by atoms with Gasteiger partial charge in [0.1, 0.15) is 0 Å². The van der Waals surface area contributed by atoms with Gasteiger partial charge in [0.25, 0.3) is 0 Å². The van der Waals surface area contributed by atoms with Crippen molar-refractivity contribution in [3.8, 4) is 0 Å². The van der Waals surface area contributed by atoms with Gasteiger partial charge in [0.2, 0.25) is 5.91 Å². The molecule has 0 aliphatic heterocycles. The van der Waals surface area contributed by atoms with Gasteiger partial charge in [-0.2, -0.15) is 0 Å². The highest BCUT2D eigenvalue weighted by atomic mass is 35.5. The smallest absolute Gasteiger partial charge is 0.224 e. The van der Waals surface area contributed by atoms with Crippen molar-refractivity contribution in [2.75, 3.05) is 20.1 Å². The molecule has 3 N–H and O–H groups in total. The van der Waals surface area contributed by atoms with Gasteiger partial charge in [0.05, 0.1) is 0 Å². The molecule has 0 spiro atoms. The second-order valence-electron chi connectivity index (χ2n) is 5.52. The summed E-state index contributed by atoms with van der Waals surface area (Å²) in [6, 6.07) is 10.3. The molecule has 2 unspecified atom stereocenters. The molecule has 22 heavy (non-hydrogen) atoms. The third-order valence-corrected chi connectivity index (χ3v) is 3.51. The quantitative estimate of drug-likeness (QED) is 0.708. The van der Waals surface area contributed by atoms with Gasteiger partial charge in [0.15, 0.2) is 0 Å². The fraction of sp³-hybridized carbons (Fsp3) is 0.562. The van der Waals surface area contributed by atoms with Crippen LogP contribution in [0.5, 0.6) is 0 Å². The van der Waals surface area contributed by atoms with Crippen molar-refractivity contribution < 1.29 is 4.79 Å². The van der Waals surface area contributed by atoms with E-state index in [1.807, 2.05) is 19.9 Å². The third-order valence-electron chi connectivity index (χ3n) is 3.51. The Morgan fingerprint density at radius 2 is 1.82 bits per heavy atom. The Morgan fingerprint density at radius 3 is 2.36 bits per heavy atom. The number of benzene rings is 1. The number of nitrogens with one attached hydrogen (secondary N) is 1. The summed E-state index contributed by atoms with van der Waals surface area (Å²) in [6.07, 6.45) is 0.945. The summed E-state index contributed by atoms with van der Waals surface area (Å²) in [5.74, 6) is -0.0808. The van der Waals surface area contributed by atoms with E-state index < -0.39 is 0 Å². The summed E-state index contributed by atoms with van der Waals surface area (Å²) in [7, 11) is 2.10. The first kappa shape index (κ1) is 23.5. The second-order valence-corrected chi connectivity index (χ2v) is 5.52. The average molecular weight is 350 g/mol. The standard InChI is InChI=1S/C16H27N3O.2ClH/c1-13(14(2)17)16(20)18-10-7-11-19(3)12-15-8-5-4-6-9-15;;/h4-6,8-9,13-14H,7,10-12,17H2,1-3H3,(H,18,20);2*1H. The molecule has 0 bridgehead atoms. The molecule has 0 heterocycles. The van der Waals surface area contributed by atoms with Gasteiger partial charge in [-0.25, -0.2) is 0 Å². The van der Waals surface area contributed by atoms with Crippen molar-refractivity contribution in [3.05, 3.63) is 35.9 Å². The molecular formula is C16H29Cl2N3O. The van der Waals surface area contributed by atoms with E-state index in [1.165, 1.54) is 5.56 Å². The zero-order valence-electron chi connectivity index (χ0n) is 13.6.